The molecule has 1 atom stereocenters. The maximum absolute atomic E-state index is 12.9. The third-order valence-corrected chi connectivity index (χ3v) is 4.90. The van der Waals surface area contributed by atoms with E-state index in [2.05, 4.69) is 67.6 Å². The number of amides is 1. The molecule has 3 aromatic rings. The van der Waals surface area contributed by atoms with Crippen LogP contribution < -0.4 is 5.32 Å². The van der Waals surface area contributed by atoms with Crippen LogP contribution in [0.2, 0.25) is 0 Å². The summed E-state index contributed by atoms with van der Waals surface area (Å²) < 4.78 is 0. The first-order chi connectivity index (χ1) is 13.5. The van der Waals surface area contributed by atoms with Crippen LogP contribution in [0.25, 0.3) is 11.1 Å². The summed E-state index contributed by atoms with van der Waals surface area (Å²) in [5.41, 5.74) is 5.30. The third kappa shape index (κ3) is 5.30. The van der Waals surface area contributed by atoms with Crippen molar-refractivity contribution < 1.29 is 4.79 Å². The number of carbonyl (C=O) groups is 1. The Morgan fingerprint density at radius 2 is 1.46 bits per heavy atom. The summed E-state index contributed by atoms with van der Waals surface area (Å²) in [5.74, 6) is -0.0380. The number of nitrogens with zero attached hydrogens (tertiary/aromatic N) is 1. The summed E-state index contributed by atoms with van der Waals surface area (Å²) >= 11 is 0. The lowest BCUT2D eigenvalue weighted by molar-refractivity contribution is 0.0932. The maximum Gasteiger partial charge on any atom is 0.251 e. The van der Waals surface area contributed by atoms with Gasteiger partial charge in [0.25, 0.3) is 5.91 Å². The lowest BCUT2D eigenvalue weighted by Crippen LogP contribution is -2.31. The molecular weight excluding hydrogens is 344 g/mol. The van der Waals surface area contributed by atoms with E-state index in [0.717, 1.165) is 29.7 Å². The minimum absolute atomic E-state index is 0.00991. The van der Waals surface area contributed by atoms with Crippen molar-refractivity contribution in [1.29, 1.82) is 0 Å². The largest absolute Gasteiger partial charge is 0.345 e. The molecule has 3 rings (SSSR count). The Hall–Kier alpha value is -2.91. The average molecular weight is 373 g/mol. The van der Waals surface area contributed by atoms with Gasteiger partial charge in [0.05, 0.1) is 6.04 Å². The number of aryl methyl sites for hydroxylation is 1. The molecule has 3 heteroatoms. The lowest BCUT2D eigenvalue weighted by Gasteiger charge is -2.21. The second kappa shape index (κ2) is 9.34. The number of nitrogens with one attached hydrogen (secondary N) is 1. The highest BCUT2D eigenvalue weighted by molar-refractivity contribution is 5.95. The Kier molecular flexibility index (Phi) is 6.62. The molecule has 0 aliphatic heterocycles. The van der Waals surface area contributed by atoms with Gasteiger partial charge in [0.1, 0.15) is 0 Å². The van der Waals surface area contributed by atoms with Gasteiger partial charge in [0.15, 0.2) is 0 Å². The Balaban J connectivity index is 1.74. The Labute approximate surface area is 168 Å². The van der Waals surface area contributed by atoms with Crippen LogP contribution in [0.5, 0.6) is 0 Å². The van der Waals surface area contributed by atoms with Crippen LogP contribution in [0.1, 0.15) is 33.9 Å². The number of rotatable bonds is 7. The Morgan fingerprint density at radius 1 is 0.857 bits per heavy atom. The summed E-state index contributed by atoms with van der Waals surface area (Å²) in [4.78, 5) is 15.0. The Morgan fingerprint density at radius 3 is 2.07 bits per heavy atom. The molecule has 1 N–H and O–H groups in total. The molecule has 144 valence electrons. The van der Waals surface area contributed by atoms with E-state index in [1.165, 1.54) is 5.56 Å². The third-order valence-electron chi connectivity index (χ3n) is 4.90. The zero-order chi connectivity index (χ0) is 19.9. The molecule has 0 fully saturated rings. The molecule has 0 saturated carbocycles. The highest BCUT2D eigenvalue weighted by Gasteiger charge is 2.16. The summed E-state index contributed by atoms with van der Waals surface area (Å²) in [6.07, 6.45) is 0.865. The van der Waals surface area contributed by atoms with Crippen molar-refractivity contribution in [1.82, 2.24) is 10.2 Å². The van der Waals surface area contributed by atoms with E-state index >= 15 is 0 Å². The van der Waals surface area contributed by atoms with E-state index in [-0.39, 0.29) is 11.9 Å². The van der Waals surface area contributed by atoms with Gasteiger partial charge < -0.3 is 10.2 Å². The van der Waals surface area contributed by atoms with Gasteiger partial charge in [-0.25, -0.2) is 0 Å². The molecule has 28 heavy (non-hydrogen) atoms. The number of hydrogen-bond donors (Lipinski definition) is 1. The van der Waals surface area contributed by atoms with Crippen molar-refractivity contribution in [2.24, 2.45) is 0 Å². The maximum atomic E-state index is 12.9. The van der Waals surface area contributed by atoms with E-state index < -0.39 is 0 Å². The fourth-order valence-corrected chi connectivity index (χ4v) is 3.19. The molecule has 0 aliphatic rings. The number of hydrogen-bond acceptors (Lipinski definition) is 2. The van der Waals surface area contributed by atoms with Crippen LogP contribution in [-0.4, -0.2) is 31.4 Å². The normalized spacial score (nSPS) is 12.0. The highest BCUT2D eigenvalue weighted by atomic mass is 16.1. The molecule has 0 radical (unpaired) electrons. The zero-order valence-corrected chi connectivity index (χ0v) is 16.9. The van der Waals surface area contributed by atoms with Crippen LogP contribution in [0.3, 0.4) is 0 Å². The number of carbonyl (C=O) groups excluding carboxylic acids is 1. The van der Waals surface area contributed by atoms with Gasteiger partial charge in [-0.05, 0) is 62.8 Å². The summed E-state index contributed by atoms with van der Waals surface area (Å²) in [6, 6.07) is 26.4. The quantitative estimate of drug-likeness (QED) is 0.627. The SMILES string of the molecule is Cc1ccc([C@H](CCN(C)C)NC(=O)c2ccc(-c3ccccc3)cc2)cc1. The minimum Gasteiger partial charge on any atom is -0.345 e. The standard InChI is InChI=1S/C25H28N2O/c1-19-9-11-22(12-10-19)24(17-18-27(2)3)26-25(28)23-15-13-21(14-16-23)20-7-5-4-6-8-20/h4-16,24H,17-18H2,1-3H3,(H,26,28)/t24-/m0/s1. The topological polar surface area (TPSA) is 32.3 Å². The zero-order valence-electron chi connectivity index (χ0n) is 16.9. The van der Waals surface area contributed by atoms with Crippen molar-refractivity contribution in [3.63, 3.8) is 0 Å². The van der Waals surface area contributed by atoms with E-state index in [1.54, 1.807) is 0 Å². The van der Waals surface area contributed by atoms with Crippen molar-refractivity contribution in [2.75, 3.05) is 20.6 Å². The number of benzene rings is 3. The fourth-order valence-electron chi connectivity index (χ4n) is 3.19. The Bertz CT molecular complexity index is 884. The fraction of sp³-hybridized carbons (Fsp3) is 0.240. The predicted molar refractivity (Wildman–Crippen MR) is 116 cm³/mol. The van der Waals surface area contributed by atoms with Crippen LogP contribution in [0, 0.1) is 6.92 Å². The first kappa shape index (κ1) is 19.8. The second-order valence-corrected chi connectivity index (χ2v) is 7.47. The van der Waals surface area contributed by atoms with Gasteiger partial charge in [-0.15, -0.1) is 0 Å². The molecular formula is C25H28N2O. The van der Waals surface area contributed by atoms with Gasteiger partial charge in [0.2, 0.25) is 0 Å². The molecule has 0 unspecified atom stereocenters. The summed E-state index contributed by atoms with van der Waals surface area (Å²) in [7, 11) is 4.10. The van der Waals surface area contributed by atoms with E-state index in [1.807, 2.05) is 42.5 Å². The van der Waals surface area contributed by atoms with E-state index in [0.29, 0.717) is 5.56 Å². The van der Waals surface area contributed by atoms with Crippen molar-refractivity contribution in [3.8, 4) is 11.1 Å². The first-order valence-electron chi connectivity index (χ1n) is 9.70. The van der Waals surface area contributed by atoms with E-state index in [9.17, 15) is 4.79 Å². The summed E-state index contributed by atoms with van der Waals surface area (Å²) in [5, 5.41) is 3.22. The van der Waals surface area contributed by atoms with Crippen LogP contribution >= 0.6 is 0 Å². The molecule has 1 amide bonds. The predicted octanol–water partition coefficient (Wildman–Crippen LogP) is 5.08. The monoisotopic (exact) mass is 372 g/mol. The molecule has 0 bridgehead atoms. The van der Waals surface area contributed by atoms with Gasteiger partial charge >= 0.3 is 0 Å². The van der Waals surface area contributed by atoms with Gasteiger partial charge in [-0.2, -0.15) is 0 Å². The van der Waals surface area contributed by atoms with Gasteiger partial charge in [0, 0.05) is 5.56 Å². The minimum atomic E-state index is -0.0380. The van der Waals surface area contributed by atoms with Gasteiger partial charge in [-0.3, -0.25) is 4.79 Å². The van der Waals surface area contributed by atoms with Crippen LogP contribution in [0.4, 0.5) is 0 Å². The van der Waals surface area contributed by atoms with Crippen LogP contribution in [-0.2, 0) is 0 Å². The summed E-state index contributed by atoms with van der Waals surface area (Å²) in [6.45, 7) is 2.98. The molecule has 0 saturated heterocycles. The molecule has 0 aliphatic carbocycles. The van der Waals surface area contributed by atoms with Crippen LogP contribution in [0.15, 0.2) is 78.9 Å². The van der Waals surface area contributed by atoms with E-state index in [4.69, 9.17) is 0 Å². The highest BCUT2D eigenvalue weighted by Crippen LogP contribution is 2.21. The molecule has 3 aromatic carbocycles. The smallest absolute Gasteiger partial charge is 0.251 e. The average Bonchev–Trinajstić information content (AvgIpc) is 2.72. The molecule has 0 aromatic heterocycles. The van der Waals surface area contributed by atoms with Gasteiger partial charge in [-0.1, -0.05) is 72.3 Å². The molecule has 0 heterocycles. The second-order valence-electron chi connectivity index (χ2n) is 7.47. The lowest BCUT2D eigenvalue weighted by atomic mass is 10.0. The van der Waals surface area contributed by atoms with Crippen molar-refractivity contribution in [2.45, 2.75) is 19.4 Å². The molecule has 3 nitrogen and oxygen atoms in total. The first-order valence-corrected chi connectivity index (χ1v) is 9.70. The molecule has 0 spiro atoms. The van der Waals surface area contributed by atoms with Crippen molar-refractivity contribution in [3.05, 3.63) is 95.6 Å². The van der Waals surface area contributed by atoms with Crippen molar-refractivity contribution >= 4 is 5.91 Å².